The van der Waals surface area contributed by atoms with Crippen LogP contribution in [0.25, 0.3) is 88.0 Å². The quantitative estimate of drug-likeness (QED) is 0.183. The molecule has 46 heavy (non-hydrogen) atoms. The molecule has 2 aliphatic carbocycles. The molecule has 2 aliphatic rings. The first kappa shape index (κ1) is 14.0. The van der Waals surface area contributed by atoms with Gasteiger partial charge in [-0.3, -0.25) is 0 Å². The zero-order valence-corrected chi connectivity index (χ0v) is 23.8. The van der Waals surface area contributed by atoms with Gasteiger partial charge in [-0.05, 0) is 102 Å². The van der Waals surface area contributed by atoms with E-state index >= 15 is 0 Å². The van der Waals surface area contributed by atoms with Gasteiger partial charge in [-0.2, -0.15) is 0 Å². The summed E-state index contributed by atoms with van der Waals surface area (Å²) in [4.78, 5) is 0. The first-order valence-electron chi connectivity index (χ1n) is 23.1. The SMILES string of the molecule is [2H]c1c([2H])c([2H])c(-c2c([2H])c([2H])c(-c3c4c([2H])c([2H])c([2H])c([2H])c4c(-c4cc5c(-c6ccc7c(c6)oc6ccccc67)c(c4)C5)c4c([2H])c([2H])c([2H])c([2H])c34)c([2H])c2[2H])c([2H])c1[2H]. The van der Waals surface area contributed by atoms with Gasteiger partial charge in [0.25, 0.3) is 0 Å². The highest BCUT2D eigenvalue weighted by molar-refractivity contribution is 6.21. The molecule has 0 amide bonds. The average Bonchev–Trinajstić information content (AvgIpc) is 3.65. The first-order chi connectivity index (χ1) is 29.9. The fourth-order valence-electron chi connectivity index (χ4n) is 6.64. The number of furan rings is 1. The molecule has 0 atom stereocenters. The van der Waals surface area contributed by atoms with E-state index in [4.69, 9.17) is 19.5 Å². The molecule has 0 N–H and O–H groups in total. The lowest BCUT2D eigenvalue weighted by atomic mass is 9.76. The van der Waals surface area contributed by atoms with Crippen molar-refractivity contribution in [3.05, 3.63) is 168 Å². The van der Waals surface area contributed by atoms with Crippen LogP contribution in [-0.2, 0) is 6.42 Å². The zero-order chi connectivity index (χ0) is 45.0. The Kier molecular flexibility index (Phi) is 2.98. The molecule has 0 fully saturated rings. The predicted octanol–water partition coefficient (Wildman–Crippen LogP) is 12.5. The zero-order valence-electron chi connectivity index (χ0n) is 40.8. The summed E-state index contributed by atoms with van der Waals surface area (Å²) in [6.45, 7) is 0. The summed E-state index contributed by atoms with van der Waals surface area (Å²) in [7, 11) is 0. The molecule has 0 spiro atoms. The molecule has 1 nitrogen and oxygen atoms in total. The molecule has 0 unspecified atom stereocenters. The lowest BCUT2D eigenvalue weighted by molar-refractivity contribution is 0.669. The normalized spacial score (nSPS) is 17.4. The molecule has 9 aromatic rings. The molecule has 2 bridgehead atoms. The van der Waals surface area contributed by atoms with Crippen molar-refractivity contribution in [1.29, 1.82) is 0 Å². The fraction of sp³-hybridized carbons (Fsp3) is 0.0222. The molecular formula is C45H28O. The van der Waals surface area contributed by atoms with Crippen LogP contribution >= 0.6 is 0 Å². The average molecular weight is 602 g/mol. The van der Waals surface area contributed by atoms with Crippen LogP contribution < -0.4 is 0 Å². The summed E-state index contributed by atoms with van der Waals surface area (Å²) in [5.41, 5.74) is 3.14. The Morgan fingerprint density at radius 1 is 0.391 bits per heavy atom. The Morgan fingerprint density at radius 2 is 0.935 bits per heavy atom. The van der Waals surface area contributed by atoms with Gasteiger partial charge in [0, 0.05) is 10.8 Å². The van der Waals surface area contributed by atoms with E-state index < -0.39 is 125 Å². The molecule has 1 aromatic heterocycles. The third kappa shape index (κ3) is 3.76. The number of benzene rings is 8. The second kappa shape index (κ2) is 9.79. The summed E-state index contributed by atoms with van der Waals surface area (Å²) in [5, 5.41) is 0.897. The van der Waals surface area contributed by atoms with E-state index in [1.807, 2.05) is 54.6 Å². The Morgan fingerprint density at radius 3 is 1.61 bits per heavy atom. The van der Waals surface area contributed by atoms with Gasteiger partial charge in [-0.15, -0.1) is 0 Å². The maximum absolute atomic E-state index is 9.35. The minimum atomic E-state index is -0.850. The lowest BCUT2D eigenvalue weighted by Crippen LogP contribution is -2.08. The highest BCUT2D eigenvalue weighted by Crippen LogP contribution is 2.48. The Hall–Kier alpha value is -5.92. The van der Waals surface area contributed by atoms with E-state index in [-0.39, 0.29) is 27.1 Å². The van der Waals surface area contributed by atoms with Crippen molar-refractivity contribution in [2.24, 2.45) is 0 Å². The minimum Gasteiger partial charge on any atom is -0.456 e. The topological polar surface area (TPSA) is 13.1 Å². The third-order valence-corrected chi connectivity index (χ3v) is 8.64. The van der Waals surface area contributed by atoms with Crippen molar-refractivity contribution < 1.29 is 27.7 Å². The van der Waals surface area contributed by atoms with Gasteiger partial charge in [0.1, 0.15) is 11.2 Å². The highest BCUT2D eigenvalue weighted by Gasteiger charge is 2.25. The summed E-state index contributed by atoms with van der Waals surface area (Å²) >= 11 is 0. The summed E-state index contributed by atoms with van der Waals surface area (Å²) < 4.78 is 157. The van der Waals surface area contributed by atoms with E-state index in [9.17, 15) is 8.22 Å². The molecule has 0 saturated heterocycles. The number of hydrogen-bond acceptors (Lipinski definition) is 1. The summed E-state index contributed by atoms with van der Waals surface area (Å²) in [6, 6.07) is 4.75. The molecule has 1 heteroatoms. The highest BCUT2D eigenvalue weighted by atomic mass is 16.3. The summed E-state index contributed by atoms with van der Waals surface area (Å²) in [6.07, 6.45) is 0.546. The van der Waals surface area contributed by atoms with Crippen LogP contribution in [0.3, 0.4) is 0 Å². The number of rotatable bonds is 4. The Bertz CT molecular complexity index is 3470. The maximum Gasteiger partial charge on any atom is 0.136 e. The Labute approximate surface area is 290 Å². The molecule has 0 aliphatic heterocycles. The third-order valence-electron chi connectivity index (χ3n) is 8.64. The van der Waals surface area contributed by atoms with Gasteiger partial charge < -0.3 is 4.42 Å². The fourth-order valence-corrected chi connectivity index (χ4v) is 6.64. The summed E-state index contributed by atoms with van der Waals surface area (Å²) in [5.74, 6) is 0. The molecule has 214 valence electrons. The number of hydrogen-bond donors (Lipinski definition) is 0. The van der Waals surface area contributed by atoms with Gasteiger partial charge in [-0.1, -0.05) is 139 Å². The van der Waals surface area contributed by atoms with E-state index in [0.29, 0.717) is 17.6 Å². The van der Waals surface area contributed by atoms with E-state index in [2.05, 4.69) is 0 Å². The van der Waals surface area contributed by atoms with E-state index in [1.54, 1.807) is 0 Å². The van der Waals surface area contributed by atoms with Crippen LogP contribution in [0.15, 0.2) is 162 Å². The number of para-hydroxylation sites is 1. The molecule has 8 aromatic carbocycles. The molecular weight excluding hydrogens is 556 g/mol. The van der Waals surface area contributed by atoms with Crippen molar-refractivity contribution in [2.45, 2.75) is 6.42 Å². The molecule has 1 heterocycles. The van der Waals surface area contributed by atoms with E-state index in [1.165, 1.54) is 0 Å². The van der Waals surface area contributed by atoms with Gasteiger partial charge in [0.2, 0.25) is 0 Å². The van der Waals surface area contributed by atoms with Crippen LogP contribution in [0.2, 0.25) is 0 Å². The Balaban J connectivity index is 1.31. The first-order valence-corrected chi connectivity index (χ1v) is 14.6. The van der Waals surface area contributed by atoms with Crippen LogP contribution in [0.4, 0.5) is 0 Å². The van der Waals surface area contributed by atoms with Gasteiger partial charge in [-0.25, -0.2) is 0 Å². The van der Waals surface area contributed by atoms with Crippen molar-refractivity contribution in [3.8, 4) is 44.5 Å². The lowest BCUT2D eigenvalue weighted by Gasteiger charge is -2.27. The standard InChI is InChI=1S/C45H28O/c1-2-10-28(11-3-1)29-18-20-30(21-19-29)44-37-13-4-6-15-39(37)45(40-16-7-5-14-38(40)44)34-25-32-24-33(26-34)43(32)31-22-23-36-35-12-8-9-17-41(35)46-42(36)27-31/h1-23,25-27H,24H2/i1D,2D,3D,4D,5D,6D,7D,10D,11D,13D,14D,15D,16D,18D,19D,20D,21D. The van der Waals surface area contributed by atoms with Crippen LogP contribution in [-0.4, -0.2) is 0 Å². The molecule has 0 saturated carbocycles. The van der Waals surface area contributed by atoms with Crippen LogP contribution in [0.5, 0.6) is 0 Å². The van der Waals surface area contributed by atoms with Gasteiger partial charge in [0.15, 0.2) is 0 Å². The minimum absolute atomic E-state index is 0.0511. The second-order valence-corrected chi connectivity index (χ2v) is 11.2. The number of fused-ring (bicyclic) bond motifs is 7. The smallest absolute Gasteiger partial charge is 0.136 e. The maximum atomic E-state index is 9.35. The monoisotopic (exact) mass is 601 g/mol. The molecule has 0 radical (unpaired) electrons. The van der Waals surface area contributed by atoms with Crippen molar-refractivity contribution in [1.82, 2.24) is 0 Å². The second-order valence-electron chi connectivity index (χ2n) is 11.2. The van der Waals surface area contributed by atoms with E-state index in [0.717, 1.165) is 38.6 Å². The van der Waals surface area contributed by atoms with Crippen molar-refractivity contribution in [3.63, 3.8) is 0 Å². The van der Waals surface area contributed by atoms with Crippen LogP contribution in [0, 0.1) is 0 Å². The molecule has 11 rings (SSSR count). The largest absolute Gasteiger partial charge is 0.456 e. The van der Waals surface area contributed by atoms with Crippen molar-refractivity contribution >= 4 is 43.5 Å². The predicted molar refractivity (Wildman–Crippen MR) is 193 cm³/mol. The van der Waals surface area contributed by atoms with Crippen LogP contribution in [0.1, 0.15) is 34.4 Å². The van der Waals surface area contributed by atoms with Gasteiger partial charge >= 0.3 is 0 Å². The van der Waals surface area contributed by atoms with Gasteiger partial charge in [0.05, 0.1) is 23.3 Å². The van der Waals surface area contributed by atoms with Crippen molar-refractivity contribution in [2.75, 3.05) is 0 Å².